The molecule has 1 saturated heterocycles. The van der Waals surface area contributed by atoms with Crippen LogP contribution in [0.1, 0.15) is 30.1 Å². The van der Waals surface area contributed by atoms with Crippen molar-refractivity contribution >= 4 is 5.97 Å². The smallest absolute Gasteiger partial charge is 0.338 e. The van der Waals surface area contributed by atoms with Crippen LogP contribution < -0.4 is 14.4 Å². The largest absolute Gasteiger partial charge is 0.493 e. The number of ether oxygens (including phenoxy) is 3. The van der Waals surface area contributed by atoms with Crippen molar-refractivity contribution in [2.45, 2.75) is 25.9 Å². The van der Waals surface area contributed by atoms with E-state index in [9.17, 15) is 4.79 Å². The lowest BCUT2D eigenvalue weighted by molar-refractivity contribution is -0.890. The van der Waals surface area contributed by atoms with Crippen molar-refractivity contribution in [3.63, 3.8) is 0 Å². The van der Waals surface area contributed by atoms with Gasteiger partial charge in [-0.2, -0.15) is 0 Å². The van der Waals surface area contributed by atoms with Gasteiger partial charge in [0.2, 0.25) is 0 Å². The molecule has 1 aromatic rings. The third-order valence-electron chi connectivity index (χ3n) is 3.81. The molecule has 1 N–H and O–H groups in total. The van der Waals surface area contributed by atoms with Crippen LogP contribution in [0.25, 0.3) is 0 Å². The second-order valence-electron chi connectivity index (χ2n) is 5.45. The highest BCUT2D eigenvalue weighted by atomic mass is 16.5. The highest BCUT2D eigenvalue weighted by Crippen LogP contribution is 2.27. The molecule has 1 aliphatic rings. The van der Waals surface area contributed by atoms with Gasteiger partial charge in [-0.1, -0.05) is 0 Å². The topological polar surface area (TPSA) is 49.2 Å². The molecule has 1 aromatic carbocycles. The van der Waals surface area contributed by atoms with Crippen LogP contribution in [0.5, 0.6) is 11.5 Å². The summed E-state index contributed by atoms with van der Waals surface area (Å²) in [5.41, 5.74) is 0.482. The standard InChI is InChI=1S/C16H23NO4/c1-12(11-17-8-4-5-9-17)21-16(18)13-6-7-14(19-2)15(10-13)20-3/h6-7,10,12H,4-5,8-9,11H2,1-3H3/p+1/t12-/m0/s1. The maximum atomic E-state index is 12.2. The van der Waals surface area contributed by atoms with Crippen molar-refractivity contribution in [2.24, 2.45) is 0 Å². The Balaban J connectivity index is 1.95. The Morgan fingerprint density at radius 3 is 2.48 bits per heavy atom. The van der Waals surface area contributed by atoms with Crippen molar-refractivity contribution in [3.05, 3.63) is 23.8 Å². The average molecular weight is 294 g/mol. The predicted octanol–water partition coefficient (Wildman–Crippen LogP) is 0.928. The summed E-state index contributed by atoms with van der Waals surface area (Å²) >= 11 is 0. The summed E-state index contributed by atoms with van der Waals surface area (Å²) in [5, 5.41) is 0. The fourth-order valence-corrected chi connectivity index (χ4v) is 2.74. The van der Waals surface area contributed by atoms with Crippen molar-refractivity contribution < 1.29 is 23.9 Å². The fraction of sp³-hybridized carbons (Fsp3) is 0.562. The maximum absolute atomic E-state index is 12.2. The van der Waals surface area contributed by atoms with Crippen LogP contribution in [-0.2, 0) is 4.74 Å². The minimum absolute atomic E-state index is 0.0845. The number of carbonyl (C=O) groups excluding carboxylic acids is 1. The Hall–Kier alpha value is -1.75. The zero-order valence-corrected chi connectivity index (χ0v) is 13.0. The van der Waals surface area contributed by atoms with E-state index in [1.165, 1.54) is 30.8 Å². The molecule has 2 rings (SSSR count). The number of nitrogens with one attached hydrogen (secondary N) is 1. The first kappa shape index (κ1) is 15.6. The molecule has 116 valence electrons. The Kier molecular flexibility index (Phi) is 5.44. The first-order valence-corrected chi connectivity index (χ1v) is 7.40. The van der Waals surface area contributed by atoms with Crippen LogP contribution in [0, 0.1) is 0 Å². The van der Waals surface area contributed by atoms with Crippen molar-refractivity contribution in [1.82, 2.24) is 0 Å². The third-order valence-corrected chi connectivity index (χ3v) is 3.81. The molecule has 21 heavy (non-hydrogen) atoms. The van der Waals surface area contributed by atoms with Crippen LogP contribution in [0.4, 0.5) is 0 Å². The molecule has 0 radical (unpaired) electrons. The lowest BCUT2D eigenvalue weighted by atomic mass is 10.2. The summed E-state index contributed by atoms with van der Waals surface area (Å²) in [4.78, 5) is 13.7. The van der Waals surface area contributed by atoms with Crippen LogP contribution in [-0.4, -0.2) is 45.9 Å². The van der Waals surface area contributed by atoms with Gasteiger partial charge in [0.1, 0.15) is 12.6 Å². The van der Waals surface area contributed by atoms with Crippen LogP contribution in [0.2, 0.25) is 0 Å². The second-order valence-corrected chi connectivity index (χ2v) is 5.45. The monoisotopic (exact) mass is 294 g/mol. The molecule has 0 aliphatic carbocycles. The Bertz CT molecular complexity index is 483. The van der Waals surface area contributed by atoms with E-state index in [0.717, 1.165) is 6.54 Å². The number of likely N-dealkylation sites (tertiary alicyclic amines) is 1. The molecule has 0 bridgehead atoms. The fourth-order valence-electron chi connectivity index (χ4n) is 2.74. The highest BCUT2D eigenvalue weighted by Gasteiger charge is 2.21. The number of rotatable bonds is 6. The molecular formula is C16H24NO4+. The molecule has 0 saturated carbocycles. The lowest BCUT2D eigenvalue weighted by Crippen LogP contribution is -3.11. The Morgan fingerprint density at radius 1 is 1.19 bits per heavy atom. The van der Waals surface area contributed by atoms with Gasteiger partial charge in [0.25, 0.3) is 0 Å². The lowest BCUT2D eigenvalue weighted by Gasteiger charge is -2.18. The summed E-state index contributed by atoms with van der Waals surface area (Å²) in [7, 11) is 3.11. The number of quaternary nitrogens is 1. The van der Waals surface area contributed by atoms with Crippen LogP contribution in [0.15, 0.2) is 18.2 Å². The molecule has 0 unspecified atom stereocenters. The Morgan fingerprint density at radius 2 is 1.86 bits per heavy atom. The Labute approximate surface area is 125 Å². The molecule has 1 aliphatic heterocycles. The van der Waals surface area contributed by atoms with E-state index in [-0.39, 0.29) is 12.1 Å². The molecule has 1 heterocycles. The number of carbonyl (C=O) groups is 1. The predicted molar refractivity (Wildman–Crippen MR) is 79.2 cm³/mol. The van der Waals surface area contributed by atoms with Gasteiger partial charge >= 0.3 is 5.97 Å². The molecule has 1 atom stereocenters. The SMILES string of the molecule is COc1ccc(C(=O)O[C@@H](C)C[NH+]2CCCC2)cc1OC. The molecule has 1 fully saturated rings. The van der Waals surface area contributed by atoms with E-state index in [4.69, 9.17) is 14.2 Å². The first-order chi connectivity index (χ1) is 10.1. The maximum Gasteiger partial charge on any atom is 0.338 e. The molecule has 0 spiro atoms. The van der Waals surface area contributed by atoms with E-state index in [2.05, 4.69) is 0 Å². The minimum Gasteiger partial charge on any atom is -0.493 e. The number of esters is 1. The van der Waals surface area contributed by atoms with E-state index >= 15 is 0 Å². The number of hydrogen-bond acceptors (Lipinski definition) is 4. The number of benzene rings is 1. The van der Waals surface area contributed by atoms with Crippen molar-refractivity contribution in [1.29, 1.82) is 0 Å². The molecular weight excluding hydrogens is 270 g/mol. The van der Waals surface area contributed by atoms with Gasteiger partial charge in [0.05, 0.1) is 32.9 Å². The zero-order valence-electron chi connectivity index (χ0n) is 13.0. The zero-order chi connectivity index (χ0) is 15.2. The van der Waals surface area contributed by atoms with E-state index < -0.39 is 0 Å². The van der Waals surface area contributed by atoms with Gasteiger partial charge < -0.3 is 19.1 Å². The first-order valence-electron chi connectivity index (χ1n) is 7.40. The summed E-state index contributed by atoms with van der Waals surface area (Å²) < 4.78 is 15.9. The summed E-state index contributed by atoms with van der Waals surface area (Å²) in [6.45, 7) is 5.18. The average Bonchev–Trinajstić information content (AvgIpc) is 2.99. The minimum atomic E-state index is -0.318. The van der Waals surface area contributed by atoms with Gasteiger partial charge in [0, 0.05) is 12.8 Å². The summed E-state index contributed by atoms with van der Waals surface area (Å²) in [6.07, 6.45) is 2.45. The van der Waals surface area contributed by atoms with Gasteiger partial charge in [-0.15, -0.1) is 0 Å². The molecule has 5 nitrogen and oxygen atoms in total. The van der Waals surface area contributed by atoms with Crippen LogP contribution in [0.3, 0.4) is 0 Å². The van der Waals surface area contributed by atoms with Gasteiger partial charge in [-0.05, 0) is 25.1 Å². The molecule has 0 aromatic heterocycles. The van der Waals surface area contributed by atoms with Crippen molar-refractivity contribution in [2.75, 3.05) is 33.9 Å². The van der Waals surface area contributed by atoms with Gasteiger partial charge in [-0.25, -0.2) is 4.79 Å². The van der Waals surface area contributed by atoms with Crippen LogP contribution >= 0.6 is 0 Å². The normalized spacial score (nSPS) is 16.5. The van der Waals surface area contributed by atoms with Gasteiger partial charge in [0.15, 0.2) is 11.5 Å². The second kappa shape index (κ2) is 7.31. The van der Waals surface area contributed by atoms with Crippen molar-refractivity contribution in [3.8, 4) is 11.5 Å². The summed E-state index contributed by atoms with van der Waals surface area (Å²) in [5.74, 6) is 0.815. The van der Waals surface area contributed by atoms with E-state index in [0.29, 0.717) is 17.1 Å². The van der Waals surface area contributed by atoms with E-state index in [1.54, 1.807) is 32.4 Å². The number of hydrogen-bond donors (Lipinski definition) is 1. The molecule has 0 amide bonds. The quantitative estimate of drug-likeness (QED) is 0.793. The highest BCUT2D eigenvalue weighted by molar-refractivity contribution is 5.90. The van der Waals surface area contributed by atoms with Gasteiger partial charge in [-0.3, -0.25) is 0 Å². The van der Waals surface area contributed by atoms with E-state index in [1.807, 2.05) is 6.92 Å². The summed E-state index contributed by atoms with van der Waals surface area (Å²) in [6, 6.07) is 5.06. The third kappa shape index (κ3) is 4.11. The number of methoxy groups -OCH3 is 2. The molecule has 5 heteroatoms.